The zero-order chi connectivity index (χ0) is 12.5. The van der Waals surface area contributed by atoms with Crippen molar-refractivity contribution in [1.29, 1.82) is 0 Å². The van der Waals surface area contributed by atoms with Crippen LogP contribution in [0.4, 0.5) is 8.78 Å². The van der Waals surface area contributed by atoms with Gasteiger partial charge in [0, 0.05) is 35.8 Å². The predicted octanol–water partition coefficient (Wildman–Crippen LogP) is 3.77. The molecule has 1 heterocycles. The van der Waals surface area contributed by atoms with Gasteiger partial charge >= 0.3 is 0 Å². The lowest BCUT2D eigenvalue weighted by Gasteiger charge is -2.06. The Labute approximate surface area is 103 Å². The normalized spacial score (nSPS) is 11.0. The van der Waals surface area contributed by atoms with Gasteiger partial charge in [-0.05, 0) is 23.8 Å². The van der Waals surface area contributed by atoms with E-state index in [1.165, 1.54) is 12.1 Å². The molecule has 0 amide bonds. The molecule has 1 aromatic heterocycles. The van der Waals surface area contributed by atoms with Gasteiger partial charge in [0.1, 0.15) is 11.6 Å². The van der Waals surface area contributed by atoms with Gasteiger partial charge in [-0.25, -0.2) is 8.78 Å². The van der Waals surface area contributed by atoms with Crippen LogP contribution in [-0.2, 0) is 6.54 Å². The molecule has 3 aromatic rings. The summed E-state index contributed by atoms with van der Waals surface area (Å²) in [4.78, 5) is 0. The van der Waals surface area contributed by atoms with Crippen LogP contribution in [-0.4, -0.2) is 4.57 Å². The van der Waals surface area contributed by atoms with Crippen molar-refractivity contribution < 1.29 is 8.78 Å². The van der Waals surface area contributed by atoms with Crippen LogP contribution in [0.15, 0.2) is 48.7 Å². The fourth-order valence-electron chi connectivity index (χ4n) is 2.09. The molecule has 0 bridgehead atoms. The lowest BCUT2D eigenvalue weighted by atomic mass is 10.2. The second-order valence-corrected chi connectivity index (χ2v) is 4.20. The summed E-state index contributed by atoms with van der Waals surface area (Å²) in [5, 5.41) is 0.995. The van der Waals surface area contributed by atoms with Crippen LogP contribution in [0.2, 0.25) is 0 Å². The van der Waals surface area contributed by atoms with Crippen molar-refractivity contribution in [2.75, 3.05) is 0 Å². The molecular formula is C15H10F2N. The molecule has 2 aromatic carbocycles. The molecule has 18 heavy (non-hydrogen) atoms. The highest BCUT2D eigenvalue weighted by molar-refractivity contribution is 5.79. The maximum Gasteiger partial charge on any atom is 0.126 e. The molecular weight excluding hydrogens is 232 g/mol. The number of hydrogen-bond donors (Lipinski definition) is 0. The maximum atomic E-state index is 13.1. The number of rotatable bonds is 2. The first-order chi connectivity index (χ1) is 8.72. The van der Waals surface area contributed by atoms with Gasteiger partial charge in [-0.3, -0.25) is 0 Å². The van der Waals surface area contributed by atoms with Crippen molar-refractivity contribution in [3.8, 4) is 0 Å². The van der Waals surface area contributed by atoms with Crippen molar-refractivity contribution >= 4 is 10.9 Å². The number of aromatic nitrogens is 1. The quantitative estimate of drug-likeness (QED) is 0.644. The molecule has 1 radical (unpaired) electrons. The number of halogens is 2. The largest absolute Gasteiger partial charge is 0.342 e. The van der Waals surface area contributed by atoms with Crippen molar-refractivity contribution in [3.05, 3.63) is 71.9 Å². The lowest BCUT2D eigenvalue weighted by Crippen LogP contribution is -1.99. The number of hydrogen-bond acceptors (Lipinski definition) is 0. The molecule has 0 aliphatic carbocycles. The highest BCUT2D eigenvalue weighted by Gasteiger charge is 2.04. The number of fused-ring (bicyclic) bond motifs is 1. The van der Waals surface area contributed by atoms with Crippen LogP contribution in [0.25, 0.3) is 10.9 Å². The van der Waals surface area contributed by atoms with Crippen molar-refractivity contribution in [2.45, 2.75) is 6.54 Å². The minimum absolute atomic E-state index is 0.429. The van der Waals surface area contributed by atoms with Gasteiger partial charge < -0.3 is 4.57 Å². The minimum atomic E-state index is -0.551. The first-order valence-corrected chi connectivity index (χ1v) is 5.63. The predicted molar refractivity (Wildman–Crippen MR) is 66.2 cm³/mol. The SMILES string of the molecule is Fc1cc(F)cc(Cn2c[c]c3ccccc32)c1. The number of benzene rings is 2. The van der Waals surface area contributed by atoms with Crippen LogP contribution in [0, 0.1) is 17.7 Å². The Balaban J connectivity index is 2.01. The third-order valence-electron chi connectivity index (χ3n) is 2.86. The van der Waals surface area contributed by atoms with Crippen LogP contribution >= 0.6 is 0 Å². The number of para-hydroxylation sites is 1. The zero-order valence-corrected chi connectivity index (χ0v) is 9.53. The molecule has 3 heteroatoms. The second kappa shape index (κ2) is 4.26. The molecule has 3 rings (SSSR count). The van der Waals surface area contributed by atoms with E-state index in [9.17, 15) is 8.78 Å². The summed E-state index contributed by atoms with van der Waals surface area (Å²) in [6.07, 6.45) is 1.80. The van der Waals surface area contributed by atoms with E-state index in [0.29, 0.717) is 12.1 Å². The third kappa shape index (κ3) is 1.99. The summed E-state index contributed by atoms with van der Waals surface area (Å²) in [7, 11) is 0. The Morgan fingerprint density at radius 2 is 1.72 bits per heavy atom. The van der Waals surface area contributed by atoms with E-state index < -0.39 is 11.6 Å². The van der Waals surface area contributed by atoms with Crippen molar-refractivity contribution in [2.24, 2.45) is 0 Å². The highest BCUT2D eigenvalue weighted by atomic mass is 19.1. The second-order valence-electron chi connectivity index (χ2n) is 4.20. The van der Waals surface area contributed by atoms with Gasteiger partial charge in [-0.2, -0.15) is 0 Å². The Morgan fingerprint density at radius 3 is 2.50 bits per heavy atom. The van der Waals surface area contributed by atoms with Crippen molar-refractivity contribution in [3.63, 3.8) is 0 Å². The minimum Gasteiger partial charge on any atom is -0.342 e. The van der Waals surface area contributed by atoms with Crippen LogP contribution in [0.1, 0.15) is 5.56 Å². The van der Waals surface area contributed by atoms with E-state index >= 15 is 0 Å². The fraction of sp³-hybridized carbons (Fsp3) is 0.0667. The Bertz CT molecular complexity index is 680. The van der Waals surface area contributed by atoms with Gasteiger partial charge in [-0.1, -0.05) is 18.2 Å². The standard InChI is InChI=1S/C15H10F2N/c16-13-7-11(8-14(17)9-13)10-18-6-5-12-3-1-2-4-15(12)18/h1-4,6-9H,10H2. The van der Waals surface area contributed by atoms with E-state index in [-0.39, 0.29) is 0 Å². The lowest BCUT2D eigenvalue weighted by molar-refractivity contribution is 0.578. The van der Waals surface area contributed by atoms with E-state index in [1.54, 1.807) is 6.20 Å². The summed E-state index contributed by atoms with van der Waals surface area (Å²) in [6.45, 7) is 0.429. The molecule has 0 aliphatic rings. The zero-order valence-electron chi connectivity index (χ0n) is 9.53. The molecule has 0 unspecified atom stereocenters. The topological polar surface area (TPSA) is 4.93 Å². The third-order valence-corrected chi connectivity index (χ3v) is 2.86. The van der Waals surface area contributed by atoms with Gasteiger partial charge in [0.2, 0.25) is 0 Å². The summed E-state index contributed by atoms with van der Waals surface area (Å²) >= 11 is 0. The van der Waals surface area contributed by atoms with E-state index in [1.807, 2.05) is 28.8 Å². The Hall–Kier alpha value is -2.16. The summed E-state index contributed by atoms with van der Waals surface area (Å²) in [5.74, 6) is -1.10. The fourth-order valence-corrected chi connectivity index (χ4v) is 2.09. The highest BCUT2D eigenvalue weighted by Crippen LogP contribution is 2.17. The Kier molecular flexibility index (Phi) is 2.59. The van der Waals surface area contributed by atoms with E-state index in [4.69, 9.17) is 0 Å². The smallest absolute Gasteiger partial charge is 0.126 e. The summed E-state index contributed by atoms with van der Waals surface area (Å²) < 4.78 is 28.1. The molecule has 0 N–H and O–H groups in total. The molecule has 0 saturated heterocycles. The van der Waals surface area contributed by atoms with E-state index in [0.717, 1.165) is 17.0 Å². The summed E-state index contributed by atoms with van der Waals surface area (Å²) in [6, 6.07) is 14.5. The molecule has 0 saturated carbocycles. The number of nitrogens with zero attached hydrogens (tertiary/aromatic N) is 1. The average molecular weight is 242 g/mol. The first-order valence-electron chi connectivity index (χ1n) is 5.63. The molecule has 0 atom stereocenters. The van der Waals surface area contributed by atoms with Crippen LogP contribution in [0.3, 0.4) is 0 Å². The average Bonchev–Trinajstić information content (AvgIpc) is 2.72. The Morgan fingerprint density at radius 1 is 1.00 bits per heavy atom. The van der Waals surface area contributed by atoms with Crippen LogP contribution < -0.4 is 0 Å². The molecule has 1 nitrogen and oxygen atoms in total. The molecule has 0 spiro atoms. The van der Waals surface area contributed by atoms with Crippen LogP contribution in [0.5, 0.6) is 0 Å². The van der Waals surface area contributed by atoms with E-state index in [2.05, 4.69) is 6.07 Å². The van der Waals surface area contributed by atoms with Gasteiger partial charge in [0.15, 0.2) is 0 Å². The molecule has 89 valence electrons. The van der Waals surface area contributed by atoms with Crippen molar-refractivity contribution in [1.82, 2.24) is 4.57 Å². The molecule has 0 fully saturated rings. The maximum absolute atomic E-state index is 13.1. The first kappa shape index (κ1) is 11.0. The molecule has 0 aliphatic heterocycles. The van der Waals surface area contributed by atoms with Gasteiger partial charge in [0.25, 0.3) is 0 Å². The summed E-state index contributed by atoms with van der Waals surface area (Å²) in [5.41, 5.74) is 1.60. The van der Waals surface area contributed by atoms with Gasteiger partial charge in [-0.15, -0.1) is 0 Å². The monoisotopic (exact) mass is 242 g/mol. The van der Waals surface area contributed by atoms with Gasteiger partial charge in [0.05, 0.1) is 0 Å².